The molecule has 0 saturated carbocycles. The molecule has 4 heterocycles. The number of hydrogen-bond donors (Lipinski definition) is 2. The number of carbonyl (C=O) groups excluding carboxylic acids is 2. The summed E-state index contributed by atoms with van der Waals surface area (Å²) >= 11 is 0. The Kier molecular flexibility index (Phi) is 9.50. The fourth-order valence-electron chi connectivity index (χ4n) is 6.43. The van der Waals surface area contributed by atoms with E-state index in [1.807, 2.05) is 22.9 Å². The molecule has 248 valence electrons. The predicted molar refractivity (Wildman–Crippen MR) is 174 cm³/mol. The van der Waals surface area contributed by atoms with Crippen LogP contribution in [0, 0.1) is 11.6 Å². The van der Waals surface area contributed by atoms with E-state index in [0.29, 0.717) is 67.0 Å². The summed E-state index contributed by atoms with van der Waals surface area (Å²) in [6.07, 6.45) is 4.69. The van der Waals surface area contributed by atoms with Crippen molar-refractivity contribution in [2.75, 3.05) is 74.1 Å². The largest absolute Gasteiger partial charge is 0.494 e. The van der Waals surface area contributed by atoms with Crippen molar-refractivity contribution >= 4 is 40.5 Å². The second-order valence-electron chi connectivity index (χ2n) is 11.9. The van der Waals surface area contributed by atoms with Crippen LogP contribution < -0.4 is 25.3 Å². The molecule has 3 aromatic rings. The van der Waals surface area contributed by atoms with E-state index in [0.717, 1.165) is 37.7 Å². The molecule has 0 bridgehead atoms. The van der Waals surface area contributed by atoms with Crippen LogP contribution in [0.1, 0.15) is 30.9 Å². The van der Waals surface area contributed by atoms with Crippen LogP contribution in [0.5, 0.6) is 5.75 Å². The summed E-state index contributed by atoms with van der Waals surface area (Å²) in [6, 6.07) is 8.43. The fourth-order valence-corrected chi connectivity index (χ4v) is 6.43. The number of piperazine rings is 1. The van der Waals surface area contributed by atoms with Gasteiger partial charge in [0.2, 0.25) is 11.8 Å². The minimum absolute atomic E-state index is 0.163. The highest BCUT2D eigenvalue weighted by molar-refractivity contribution is 6.02. The lowest BCUT2D eigenvalue weighted by Crippen LogP contribution is -2.55. The van der Waals surface area contributed by atoms with Crippen molar-refractivity contribution in [1.82, 2.24) is 19.8 Å². The molecular formula is C33H38F2N8O4. The van der Waals surface area contributed by atoms with Gasteiger partial charge in [-0.25, -0.2) is 23.8 Å². The van der Waals surface area contributed by atoms with E-state index in [9.17, 15) is 18.4 Å². The average molecular weight is 649 g/mol. The molecule has 3 aliphatic rings. The highest BCUT2D eigenvalue weighted by atomic mass is 19.1. The third-order valence-electron chi connectivity index (χ3n) is 8.77. The first kappa shape index (κ1) is 32.1. The molecule has 2 N–H and O–H groups in total. The topological polar surface area (TPSA) is 115 Å². The lowest BCUT2D eigenvalue weighted by Gasteiger charge is -2.42. The Bertz CT molecular complexity index is 1630. The molecule has 12 nitrogen and oxygen atoms in total. The lowest BCUT2D eigenvalue weighted by molar-refractivity contribution is -0.138. The number of nitrogens with zero attached hydrogens (tertiary/aromatic N) is 6. The Hall–Kier alpha value is -4.82. The van der Waals surface area contributed by atoms with E-state index >= 15 is 0 Å². The average Bonchev–Trinajstić information content (AvgIpc) is 3.55. The maximum absolute atomic E-state index is 14.0. The Morgan fingerprint density at radius 2 is 1.79 bits per heavy atom. The van der Waals surface area contributed by atoms with Gasteiger partial charge in [-0.1, -0.05) is 6.58 Å². The number of piperidine rings is 1. The summed E-state index contributed by atoms with van der Waals surface area (Å²) in [6.45, 7) is 7.37. The number of hydroxylamine groups is 1. The first-order valence-electron chi connectivity index (χ1n) is 15.6. The molecule has 1 aromatic heterocycles. The van der Waals surface area contributed by atoms with Crippen LogP contribution in [0.25, 0.3) is 0 Å². The third kappa shape index (κ3) is 7.13. The molecular weight excluding hydrogens is 610 g/mol. The van der Waals surface area contributed by atoms with Crippen LogP contribution in [0.4, 0.5) is 37.5 Å². The highest BCUT2D eigenvalue weighted by Crippen LogP contribution is 2.41. The van der Waals surface area contributed by atoms with Crippen molar-refractivity contribution in [1.29, 1.82) is 0 Å². The summed E-state index contributed by atoms with van der Waals surface area (Å²) in [4.78, 5) is 45.9. The number of likely N-dealkylation sites (N-methyl/N-ethyl adjacent to an activating group) is 1. The number of anilines is 5. The number of rotatable bonds is 9. The molecule has 1 atom stereocenters. The van der Waals surface area contributed by atoms with E-state index in [4.69, 9.17) is 9.57 Å². The smallest absolute Gasteiger partial charge is 0.247 e. The monoisotopic (exact) mass is 648 g/mol. The standard InChI is InChI=1S/C33H38F2N8O4/c1-4-32(44)39-25-16-26(29(46-3)17-28(25)41-8-5-24(6-9-41)42-11-10-40(2)19-33(42)45)38-30-18-31(37-20-36-30)43-27(7-12-47-43)21-13-22(34)15-23(35)14-21/h4,13-18,20,24,27H,1,5-12,19H2,2-3H3,(H,39,44)(H,36,37,38)/t27-/m1/s1. The van der Waals surface area contributed by atoms with E-state index in [1.165, 1.54) is 29.6 Å². The number of carbonyl (C=O) groups is 2. The normalized spacial score (nSPS) is 19.2. The van der Waals surface area contributed by atoms with Crippen LogP contribution >= 0.6 is 0 Å². The van der Waals surface area contributed by atoms with Crippen molar-refractivity contribution in [2.24, 2.45) is 0 Å². The Labute approximate surface area is 271 Å². The number of hydrogen-bond acceptors (Lipinski definition) is 10. The number of halogens is 2. The van der Waals surface area contributed by atoms with Gasteiger partial charge in [-0.15, -0.1) is 0 Å². The van der Waals surface area contributed by atoms with E-state index in [-0.39, 0.29) is 17.9 Å². The minimum atomic E-state index is -0.665. The van der Waals surface area contributed by atoms with E-state index < -0.39 is 17.7 Å². The molecule has 47 heavy (non-hydrogen) atoms. The van der Waals surface area contributed by atoms with Crippen LogP contribution in [0.3, 0.4) is 0 Å². The molecule has 14 heteroatoms. The SMILES string of the molecule is C=CC(=O)Nc1cc(Nc2cc(N3OCC[C@@H]3c3cc(F)cc(F)c3)ncn2)c(OC)cc1N1CCC(N2CCN(C)CC2=O)CC1. The fraction of sp³-hybridized carbons (Fsp3) is 0.394. The van der Waals surface area contributed by atoms with Crippen molar-refractivity contribution < 1.29 is 27.9 Å². The molecule has 2 aromatic carbocycles. The summed E-state index contributed by atoms with van der Waals surface area (Å²) < 4.78 is 33.8. The Morgan fingerprint density at radius 1 is 1.02 bits per heavy atom. The van der Waals surface area contributed by atoms with Gasteiger partial charge >= 0.3 is 0 Å². The van der Waals surface area contributed by atoms with Gasteiger partial charge in [-0.2, -0.15) is 0 Å². The number of benzene rings is 2. The van der Waals surface area contributed by atoms with Gasteiger partial charge in [0, 0.05) is 56.8 Å². The Balaban J connectivity index is 1.23. The summed E-state index contributed by atoms with van der Waals surface area (Å²) in [7, 11) is 3.52. The van der Waals surface area contributed by atoms with Crippen molar-refractivity contribution in [3.63, 3.8) is 0 Å². The Morgan fingerprint density at radius 3 is 2.49 bits per heavy atom. The van der Waals surface area contributed by atoms with Crippen LogP contribution in [0.2, 0.25) is 0 Å². The number of methoxy groups -OCH3 is 1. The quantitative estimate of drug-likeness (QED) is 0.327. The first-order valence-corrected chi connectivity index (χ1v) is 15.6. The number of amides is 2. The second-order valence-corrected chi connectivity index (χ2v) is 11.9. The zero-order valence-corrected chi connectivity index (χ0v) is 26.4. The van der Waals surface area contributed by atoms with Crippen molar-refractivity contribution in [2.45, 2.75) is 31.3 Å². The third-order valence-corrected chi connectivity index (χ3v) is 8.77. The van der Waals surface area contributed by atoms with Crippen LogP contribution in [-0.2, 0) is 14.4 Å². The predicted octanol–water partition coefficient (Wildman–Crippen LogP) is 4.26. The first-order chi connectivity index (χ1) is 22.7. The number of aromatic nitrogens is 2. The summed E-state index contributed by atoms with van der Waals surface area (Å²) in [5.41, 5.74) is 2.30. The van der Waals surface area contributed by atoms with Gasteiger partial charge < -0.3 is 25.2 Å². The van der Waals surface area contributed by atoms with Gasteiger partial charge in [0.1, 0.15) is 29.5 Å². The minimum Gasteiger partial charge on any atom is -0.494 e. The van der Waals surface area contributed by atoms with Crippen LogP contribution in [-0.4, -0.2) is 91.1 Å². The highest BCUT2D eigenvalue weighted by Gasteiger charge is 2.33. The lowest BCUT2D eigenvalue weighted by atomic mass is 10.0. The van der Waals surface area contributed by atoms with Gasteiger partial charge in [0.15, 0.2) is 5.82 Å². The van der Waals surface area contributed by atoms with E-state index in [1.54, 1.807) is 19.2 Å². The van der Waals surface area contributed by atoms with E-state index in [2.05, 4.69) is 32.1 Å². The van der Waals surface area contributed by atoms with Gasteiger partial charge in [0.25, 0.3) is 0 Å². The van der Waals surface area contributed by atoms with Crippen molar-refractivity contribution in [3.8, 4) is 5.75 Å². The molecule has 3 aliphatic heterocycles. The van der Waals surface area contributed by atoms with Gasteiger partial charge in [-0.3, -0.25) is 19.3 Å². The zero-order chi connectivity index (χ0) is 33.1. The molecule has 3 saturated heterocycles. The molecule has 0 aliphatic carbocycles. The zero-order valence-electron chi connectivity index (χ0n) is 26.4. The van der Waals surface area contributed by atoms with Gasteiger partial charge in [-0.05, 0) is 49.7 Å². The summed E-state index contributed by atoms with van der Waals surface area (Å²) in [5.74, 6) is -0.223. The second kappa shape index (κ2) is 13.9. The molecule has 2 amide bonds. The molecule has 6 rings (SSSR count). The van der Waals surface area contributed by atoms with Gasteiger partial charge in [0.05, 0.1) is 43.4 Å². The van der Waals surface area contributed by atoms with Crippen LogP contribution in [0.15, 0.2) is 55.4 Å². The summed E-state index contributed by atoms with van der Waals surface area (Å²) in [5, 5.41) is 7.71. The maximum Gasteiger partial charge on any atom is 0.247 e. The maximum atomic E-state index is 14.0. The molecule has 3 fully saturated rings. The molecule has 0 unspecified atom stereocenters. The number of nitrogens with one attached hydrogen (secondary N) is 2. The molecule has 0 spiro atoms. The van der Waals surface area contributed by atoms with Crippen molar-refractivity contribution in [3.05, 3.63) is 72.6 Å². The number of ether oxygens (including phenoxy) is 1. The molecule has 0 radical (unpaired) electrons.